The molecule has 1 heterocycles. The van der Waals surface area contributed by atoms with Crippen LogP contribution in [0.25, 0.3) is 0 Å². The van der Waals surface area contributed by atoms with Gasteiger partial charge in [-0.2, -0.15) is 0 Å². The first-order chi connectivity index (χ1) is 11.1. The topological polar surface area (TPSA) is 33.7 Å². The Labute approximate surface area is 140 Å². The van der Waals surface area contributed by atoms with E-state index < -0.39 is 0 Å². The minimum Gasteiger partial charge on any atom is -0.493 e. The molecule has 23 heavy (non-hydrogen) atoms. The molecule has 1 fully saturated rings. The zero-order valence-corrected chi connectivity index (χ0v) is 14.7. The summed E-state index contributed by atoms with van der Waals surface area (Å²) in [6.07, 6.45) is 1.30. The van der Waals surface area contributed by atoms with Crippen molar-refractivity contribution >= 4 is 0 Å². The van der Waals surface area contributed by atoms with Crippen LogP contribution in [0, 0.1) is 5.92 Å². The molecule has 1 unspecified atom stereocenters. The molecule has 1 aromatic carbocycles. The highest BCUT2D eigenvalue weighted by Gasteiger charge is 2.20. The molecule has 128 valence electrons. The number of nitrogens with zero attached hydrogens (tertiary/aromatic N) is 1. The van der Waals surface area contributed by atoms with E-state index in [1.807, 2.05) is 13.0 Å². The average Bonchev–Trinajstić information content (AvgIpc) is 3.01. The van der Waals surface area contributed by atoms with E-state index in [1.54, 1.807) is 7.11 Å². The summed E-state index contributed by atoms with van der Waals surface area (Å²) in [5.41, 5.74) is 2.21. The molecule has 1 saturated heterocycles. The van der Waals surface area contributed by atoms with Gasteiger partial charge in [0.2, 0.25) is 0 Å². The second-order valence-electron chi connectivity index (χ2n) is 6.41. The maximum absolute atomic E-state index is 5.78. The van der Waals surface area contributed by atoms with Crippen LogP contribution in [0.2, 0.25) is 0 Å². The number of likely N-dealkylation sites (tertiary alicyclic amines) is 1. The van der Waals surface area contributed by atoms with E-state index in [2.05, 4.69) is 35.9 Å². The minimum absolute atomic E-state index is 0.516. The molecule has 1 aliphatic rings. The van der Waals surface area contributed by atoms with Gasteiger partial charge in [0.15, 0.2) is 11.5 Å². The van der Waals surface area contributed by atoms with Crippen molar-refractivity contribution in [2.75, 3.05) is 39.9 Å². The van der Waals surface area contributed by atoms with Gasteiger partial charge in [0, 0.05) is 13.1 Å². The van der Waals surface area contributed by atoms with Crippen LogP contribution in [0.4, 0.5) is 0 Å². The molecule has 0 amide bonds. The van der Waals surface area contributed by atoms with Crippen LogP contribution in [-0.2, 0) is 6.54 Å². The molecule has 0 radical (unpaired) electrons. The van der Waals surface area contributed by atoms with Gasteiger partial charge in [-0.15, -0.1) is 0 Å². The lowest BCUT2D eigenvalue weighted by molar-refractivity contribution is 0.319. The zero-order valence-electron chi connectivity index (χ0n) is 14.7. The largest absolute Gasteiger partial charge is 0.493 e. The van der Waals surface area contributed by atoms with Crippen molar-refractivity contribution in [2.45, 2.75) is 26.8 Å². The van der Waals surface area contributed by atoms with Crippen LogP contribution in [0.1, 0.15) is 25.8 Å². The quantitative estimate of drug-likeness (QED) is 0.710. The van der Waals surface area contributed by atoms with Crippen LogP contribution >= 0.6 is 0 Å². The first kappa shape index (κ1) is 17.8. The van der Waals surface area contributed by atoms with Crippen molar-refractivity contribution in [3.8, 4) is 11.5 Å². The highest BCUT2D eigenvalue weighted by atomic mass is 16.5. The third kappa shape index (κ3) is 5.56. The average molecular weight is 318 g/mol. The summed E-state index contributed by atoms with van der Waals surface area (Å²) in [5.74, 6) is 2.32. The summed E-state index contributed by atoms with van der Waals surface area (Å²) in [5, 5.41) is 3.58. The van der Waals surface area contributed by atoms with E-state index in [0.29, 0.717) is 6.61 Å². The van der Waals surface area contributed by atoms with Crippen LogP contribution in [0.5, 0.6) is 11.5 Å². The summed E-state index contributed by atoms with van der Waals surface area (Å²) in [7, 11) is 1.67. The van der Waals surface area contributed by atoms with E-state index in [9.17, 15) is 0 Å². The lowest BCUT2D eigenvalue weighted by Crippen LogP contribution is -2.26. The smallest absolute Gasteiger partial charge is 0.161 e. The number of nitrogens with one attached hydrogen (secondary N) is 1. The molecule has 0 spiro atoms. The standard InChI is InChI=1S/C19H30N2O2/c1-5-21-9-8-17(13-21)12-20-11-16-6-7-18(22-4)19(10-16)23-14-15(2)3/h6-7,10,17,20H,2,5,8-9,11-14H2,1,3-4H3. The number of rotatable bonds is 9. The minimum atomic E-state index is 0.516. The Hall–Kier alpha value is -1.52. The lowest BCUT2D eigenvalue weighted by Gasteiger charge is -2.15. The Kier molecular flexibility index (Phi) is 6.93. The van der Waals surface area contributed by atoms with Crippen LogP contribution in [0.15, 0.2) is 30.4 Å². The van der Waals surface area contributed by atoms with Crippen LogP contribution in [-0.4, -0.2) is 44.8 Å². The molecule has 4 nitrogen and oxygen atoms in total. The van der Waals surface area contributed by atoms with Crippen molar-refractivity contribution in [2.24, 2.45) is 5.92 Å². The van der Waals surface area contributed by atoms with Gasteiger partial charge in [-0.25, -0.2) is 0 Å². The lowest BCUT2D eigenvalue weighted by atomic mass is 10.1. The Balaban J connectivity index is 1.84. The van der Waals surface area contributed by atoms with Crippen molar-refractivity contribution < 1.29 is 9.47 Å². The number of hydrogen-bond acceptors (Lipinski definition) is 4. The monoisotopic (exact) mass is 318 g/mol. The molecule has 0 aromatic heterocycles. The van der Waals surface area contributed by atoms with Gasteiger partial charge >= 0.3 is 0 Å². The first-order valence-electron chi connectivity index (χ1n) is 8.49. The molecule has 1 N–H and O–H groups in total. The maximum atomic E-state index is 5.78. The van der Waals surface area contributed by atoms with E-state index in [1.165, 1.54) is 31.6 Å². The van der Waals surface area contributed by atoms with E-state index in [-0.39, 0.29) is 0 Å². The second-order valence-corrected chi connectivity index (χ2v) is 6.41. The van der Waals surface area contributed by atoms with Gasteiger partial charge in [-0.1, -0.05) is 19.6 Å². The molecule has 4 heteroatoms. The Morgan fingerprint density at radius 2 is 2.22 bits per heavy atom. The fourth-order valence-electron chi connectivity index (χ4n) is 2.93. The van der Waals surface area contributed by atoms with Crippen molar-refractivity contribution in [1.29, 1.82) is 0 Å². The third-order valence-corrected chi connectivity index (χ3v) is 4.28. The highest BCUT2D eigenvalue weighted by Crippen LogP contribution is 2.28. The molecule has 1 aliphatic heterocycles. The van der Waals surface area contributed by atoms with Gasteiger partial charge in [-0.05, 0) is 62.2 Å². The summed E-state index contributed by atoms with van der Waals surface area (Å²) in [4.78, 5) is 2.52. The van der Waals surface area contributed by atoms with Gasteiger partial charge in [0.05, 0.1) is 7.11 Å². The molecule has 0 saturated carbocycles. The molecular weight excluding hydrogens is 288 g/mol. The predicted octanol–water partition coefficient (Wildman–Crippen LogP) is 3.08. The number of benzene rings is 1. The van der Waals surface area contributed by atoms with Gasteiger partial charge in [-0.3, -0.25) is 0 Å². The van der Waals surface area contributed by atoms with Gasteiger partial charge in [0.1, 0.15) is 6.61 Å². The highest BCUT2D eigenvalue weighted by molar-refractivity contribution is 5.43. The molecule has 1 atom stereocenters. The predicted molar refractivity (Wildman–Crippen MR) is 95.2 cm³/mol. The van der Waals surface area contributed by atoms with E-state index in [0.717, 1.165) is 36.1 Å². The zero-order chi connectivity index (χ0) is 16.7. The first-order valence-corrected chi connectivity index (χ1v) is 8.49. The van der Waals surface area contributed by atoms with Crippen molar-refractivity contribution in [1.82, 2.24) is 10.2 Å². The van der Waals surface area contributed by atoms with Gasteiger partial charge in [0.25, 0.3) is 0 Å². The second kappa shape index (κ2) is 8.94. The number of hydrogen-bond donors (Lipinski definition) is 1. The van der Waals surface area contributed by atoms with Crippen molar-refractivity contribution in [3.05, 3.63) is 35.9 Å². The fourth-order valence-corrected chi connectivity index (χ4v) is 2.93. The molecule has 0 aliphatic carbocycles. The summed E-state index contributed by atoms with van der Waals surface area (Å²) < 4.78 is 11.1. The Morgan fingerprint density at radius 1 is 1.39 bits per heavy atom. The SMILES string of the molecule is C=C(C)COc1cc(CNCC2CCN(CC)C2)ccc1OC. The van der Waals surface area contributed by atoms with E-state index in [4.69, 9.17) is 9.47 Å². The molecule has 0 bridgehead atoms. The molecular formula is C19H30N2O2. The summed E-state index contributed by atoms with van der Waals surface area (Å²) >= 11 is 0. The summed E-state index contributed by atoms with van der Waals surface area (Å²) in [6, 6.07) is 6.12. The van der Waals surface area contributed by atoms with Crippen LogP contribution < -0.4 is 14.8 Å². The van der Waals surface area contributed by atoms with Crippen LogP contribution in [0.3, 0.4) is 0 Å². The number of ether oxygens (including phenoxy) is 2. The van der Waals surface area contributed by atoms with Gasteiger partial charge < -0.3 is 19.7 Å². The Morgan fingerprint density at radius 3 is 2.87 bits per heavy atom. The van der Waals surface area contributed by atoms with E-state index >= 15 is 0 Å². The third-order valence-electron chi connectivity index (χ3n) is 4.28. The fraction of sp³-hybridized carbons (Fsp3) is 0.579. The number of methoxy groups -OCH3 is 1. The Bertz CT molecular complexity index is 516. The maximum Gasteiger partial charge on any atom is 0.161 e. The molecule has 1 aromatic rings. The molecule has 2 rings (SSSR count). The normalized spacial score (nSPS) is 18.1. The summed E-state index contributed by atoms with van der Waals surface area (Å²) in [6.45, 7) is 14.1. The van der Waals surface area contributed by atoms with Crippen molar-refractivity contribution in [3.63, 3.8) is 0 Å².